The molecular formula is C27H24ClNO4. The Morgan fingerprint density at radius 2 is 1.76 bits per heavy atom. The maximum Gasteiger partial charge on any atom is 0.265 e. The highest BCUT2D eigenvalue weighted by Gasteiger charge is 2.23. The van der Waals surface area contributed by atoms with Crippen LogP contribution in [0.25, 0.3) is 22.3 Å². The van der Waals surface area contributed by atoms with Crippen molar-refractivity contribution in [2.75, 3.05) is 5.32 Å². The van der Waals surface area contributed by atoms with Crippen molar-refractivity contribution in [2.24, 2.45) is 0 Å². The SMILES string of the molecule is Cc1ccc(-c2oc3ccc(Cl)cc3c(=O)c2O[C@@H](C)C(=O)Nc2cccc(C)c2C)cc1. The molecule has 1 aromatic heterocycles. The summed E-state index contributed by atoms with van der Waals surface area (Å²) in [7, 11) is 0. The van der Waals surface area contributed by atoms with E-state index in [2.05, 4.69) is 5.32 Å². The summed E-state index contributed by atoms with van der Waals surface area (Å²) in [6.07, 6.45) is -0.950. The van der Waals surface area contributed by atoms with E-state index in [4.69, 9.17) is 20.8 Å². The molecule has 33 heavy (non-hydrogen) atoms. The number of benzene rings is 3. The molecule has 0 saturated carbocycles. The third-order valence-electron chi connectivity index (χ3n) is 5.65. The fourth-order valence-corrected chi connectivity index (χ4v) is 3.68. The van der Waals surface area contributed by atoms with Crippen molar-refractivity contribution in [3.63, 3.8) is 0 Å². The third-order valence-corrected chi connectivity index (χ3v) is 5.89. The van der Waals surface area contributed by atoms with E-state index in [1.807, 2.05) is 63.2 Å². The van der Waals surface area contributed by atoms with Crippen LogP contribution in [0.1, 0.15) is 23.6 Å². The fraction of sp³-hybridized carbons (Fsp3) is 0.185. The Labute approximate surface area is 197 Å². The van der Waals surface area contributed by atoms with Crippen LogP contribution in [0.3, 0.4) is 0 Å². The number of aryl methyl sites for hydroxylation is 2. The summed E-state index contributed by atoms with van der Waals surface area (Å²) < 4.78 is 12.0. The lowest BCUT2D eigenvalue weighted by Gasteiger charge is -2.18. The summed E-state index contributed by atoms with van der Waals surface area (Å²) in [6, 6.07) is 18.1. The molecule has 0 aliphatic heterocycles. The Morgan fingerprint density at radius 3 is 2.48 bits per heavy atom. The predicted molar refractivity (Wildman–Crippen MR) is 132 cm³/mol. The smallest absolute Gasteiger partial charge is 0.265 e. The Balaban J connectivity index is 1.75. The molecule has 0 aliphatic rings. The Bertz CT molecular complexity index is 1410. The number of fused-ring (bicyclic) bond motifs is 1. The normalized spacial score (nSPS) is 11.9. The molecule has 5 nitrogen and oxygen atoms in total. The molecule has 0 radical (unpaired) electrons. The number of rotatable bonds is 5. The molecule has 4 rings (SSSR count). The second kappa shape index (κ2) is 9.12. The first kappa shape index (κ1) is 22.6. The predicted octanol–water partition coefficient (Wildman–Crippen LogP) is 6.44. The van der Waals surface area contributed by atoms with Gasteiger partial charge in [-0.15, -0.1) is 0 Å². The average molecular weight is 462 g/mol. The van der Waals surface area contributed by atoms with E-state index in [-0.39, 0.29) is 28.2 Å². The van der Waals surface area contributed by atoms with Gasteiger partial charge in [0.05, 0.1) is 5.39 Å². The Hall–Kier alpha value is -3.57. The molecular weight excluding hydrogens is 438 g/mol. The van der Waals surface area contributed by atoms with Crippen LogP contribution in [0.15, 0.2) is 69.9 Å². The van der Waals surface area contributed by atoms with E-state index < -0.39 is 6.10 Å². The first-order valence-corrected chi connectivity index (χ1v) is 11.0. The molecule has 4 aromatic rings. The summed E-state index contributed by atoms with van der Waals surface area (Å²) in [4.78, 5) is 26.3. The topological polar surface area (TPSA) is 68.5 Å². The molecule has 0 bridgehead atoms. The first-order valence-electron chi connectivity index (χ1n) is 10.6. The maximum absolute atomic E-state index is 13.4. The van der Waals surface area contributed by atoms with Gasteiger partial charge in [0, 0.05) is 16.3 Å². The van der Waals surface area contributed by atoms with Crippen LogP contribution in [-0.2, 0) is 4.79 Å². The molecule has 0 unspecified atom stereocenters. The van der Waals surface area contributed by atoms with Gasteiger partial charge in [-0.05, 0) is 63.1 Å². The number of hydrogen-bond donors (Lipinski definition) is 1. The van der Waals surface area contributed by atoms with Crippen molar-refractivity contribution in [2.45, 2.75) is 33.8 Å². The molecule has 1 heterocycles. The van der Waals surface area contributed by atoms with E-state index in [0.717, 1.165) is 16.7 Å². The molecule has 3 aromatic carbocycles. The van der Waals surface area contributed by atoms with Crippen LogP contribution in [0.2, 0.25) is 5.02 Å². The fourth-order valence-electron chi connectivity index (χ4n) is 3.50. The summed E-state index contributed by atoms with van der Waals surface area (Å²) in [5.41, 5.74) is 4.48. The number of carbonyl (C=O) groups is 1. The maximum atomic E-state index is 13.4. The Kier molecular flexibility index (Phi) is 6.25. The molecule has 0 saturated heterocycles. The first-order chi connectivity index (χ1) is 15.7. The van der Waals surface area contributed by atoms with Gasteiger partial charge < -0.3 is 14.5 Å². The standard InChI is InChI=1S/C27H24ClNO4/c1-15-8-10-19(11-9-15)25-26(24(30)21-14-20(28)12-13-23(21)33-25)32-18(4)27(31)29-22-7-5-6-16(2)17(22)3/h5-14,18H,1-4H3,(H,29,31)/t18-/m0/s1. The van der Waals surface area contributed by atoms with Gasteiger partial charge in [0.25, 0.3) is 5.91 Å². The number of anilines is 1. The molecule has 6 heteroatoms. The molecule has 1 atom stereocenters. The number of carbonyl (C=O) groups excluding carboxylic acids is 1. The number of ether oxygens (including phenoxy) is 1. The lowest BCUT2D eigenvalue weighted by atomic mass is 10.1. The van der Waals surface area contributed by atoms with Crippen LogP contribution in [0, 0.1) is 20.8 Å². The van der Waals surface area contributed by atoms with Crippen LogP contribution >= 0.6 is 11.6 Å². The van der Waals surface area contributed by atoms with Gasteiger partial charge in [0.1, 0.15) is 5.58 Å². The zero-order valence-electron chi connectivity index (χ0n) is 18.9. The van der Waals surface area contributed by atoms with E-state index in [0.29, 0.717) is 21.9 Å². The van der Waals surface area contributed by atoms with Crippen molar-refractivity contribution >= 4 is 34.2 Å². The quantitative estimate of drug-likeness (QED) is 0.371. The van der Waals surface area contributed by atoms with Gasteiger partial charge in [-0.25, -0.2) is 0 Å². The molecule has 168 valence electrons. The Morgan fingerprint density at radius 1 is 1.03 bits per heavy atom. The lowest BCUT2D eigenvalue weighted by Crippen LogP contribution is -2.32. The third kappa shape index (κ3) is 4.64. The summed E-state index contributed by atoms with van der Waals surface area (Å²) in [6.45, 7) is 7.48. The van der Waals surface area contributed by atoms with Gasteiger partial charge in [-0.1, -0.05) is 53.6 Å². The van der Waals surface area contributed by atoms with E-state index in [1.54, 1.807) is 19.1 Å². The number of hydrogen-bond acceptors (Lipinski definition) is 4. The molecule has 0 spiro atoms. The van der Waals surface area contributed by atoms with Crippen molar-refractivity contribution in [1.29, 1.82) is 0 Å². The summed E-state index contributed by atoms with van der Waals surface area (Å²) in [5.74, 6) is -0.136. The van der Waals surface area contributed by atoms with Gasteiger partial charge in [0.2, 0.25) is 11.2 Å². The number of nitrogens with one attached hydrogen (secondary N) is 1. The zero-order chi connectivity index (χ0) is 23.7. The highest BCUT2D eigenvalue weighted by Crippen LogP contribution is 2.32. The van der Waals surface area contributed by atoms with Crippen LogP contribution in [-0.4, -0.2) is 12.0 Å². The minimum absolute atomic E-state index is 0.0303. The van der Waals surface area contributed by atoms with E-state index >= 15 is 0 Å². The largest absolute Gasteiger partial charge is 0.473 e. The number of halogens is 1. The summed E-state index contributed by atoms with van der Waals surface area (Å²) in [5, 5.41) is 3.58. The van der Waals surface area contributed by atoms with Crippen molar-refractivity contribution in [3.8, 4) is 17.1 Å². The molecule has 1 N–H and O–H groups in total. The molecule has 0 fully saturated rings. The van der Waals surface area contributed by atoms with E-state index in [9.17, 15) is 9.59 Å². The summed E-state index contributed by atoms with van der Waals surface area (Å²) >= 11 is 6.11. The highest BCUT2D eigenvalue weighted by molar-refractivity contribution is 6.31. The number of amides is 1. The van der Waals surface area contributed by atoms with Gasteiger partial charge >= 0.3 is 0 Å². The van der Waals surface area contributed by atoms with Crippen LogP contribution in [0.5, 0.6) is 5.75 Å². The lowest BCUT2D eigenvalue weighted by molar-refractivity contribution is -0.122. The second-order valence-electron chi connectivity index (χ2n) is 8.09. The van der Waals surface area contributed by atoms with Crippen molar-refractivity contribution in [1.82, 2.24) is 0 Å². The minimum atomic E-state index is -0.950. The monoisotopic (exact) mass is 461 g/mol. The van der Waals surface area contributed by atoms with Gasteiger partial charge in [-0.2, -0.15) is 0 Å². The zero-order valence-corrected chi connectivity index (χ0v) is 19.6. The van der Waals surface area contributed by atoms with E-state index in [1.165, 1.54) is 6.07 Å². The van der Waals surface area contributed by atoms with Gasteiger partial charge in [-0.3, -0.25) is 9.59 Å². The second-order valence-corrected chi connectivity index (χ2v) is 8.53. The highest BCUT2D eigenvalue weighted by atomic mass is 35.5. The molecule has 0 aliphatic carbocycles. The molecule has 1 amide bonds. The van der Waals surface area contributed by atoms with Crippen molar-refractivity contribution < 1.29 is 13.9 Å². The van der Waals surface area contributed by atoms with Gasteiger partial charge in [0.15, 0.2) is 11.9 Å². The van der Waals surface area contributed by atoms with Crippen LogP contribution < -0.4 is 15.5 Å². The van der Waals surface area contributed by atoms with Crippen LogP contribution in [0.4, 0.5) is 5.69 Å². The average Bonchev–Trinajstić information content (AvgIpc) is 2.79. The van der Waals surface area contributed by atoms with Crippen molar-refractivity contribution in [3.05, 3.63) is 92.6 Å². The minimum Gasteiger partial charge on any atom is -0.473 e.